The third-order valence-corrected chi connectivity index (χ3v) is 3.74. The average molecular weight is 359 g/mol. The number of fused-ring (bicyclic) bond motifs is 1. The molecule has 1 N–H and O–H groups in total. The molecule has 24 heavy (non-hydrogen) atoms. The highest BCUT2D eigenvalue weighted by molar-refractivity contribution is 6.35. The van der Waals surface area contributed by atoms with Crippen molar-refractivity contribution in [2.45, 2.75) is 26.1 Å². The number of nitrogens with one attached hydrogen (secondary N) is 1. The number of nitrogens with zero attached hydrogens (tertiary/aromatic N) is 5. The van der Waals surface area contributed by atoms with Crippen molar-refractivity contribution in [1.82, 2.24) is 24.3 Å². The van der Waals surface area contributed by atoms with Gasteiger partial charge in [0.1, 0.15) is 5.65 Å². The first-order valence-corrected chi connectivity index (χ1v) is 7.45. The Bertz CT molecular complexity index is 896. The van der Waals surface area contributed by atoms with Crippen molar-refractivity contribution in [3.63, 3.8) is 0 Å². The monoisotopic (exact) mass is 358 g/mol. The molecular weight excluding hydrogens is 345 g/mol. The van der Waals surface area contributed by atoms with E-state index < -0.39 is 11.9 Å². The number of anilines is 2. The van der Waals surface area contributed by atoms with Gasteiger partial charge in [-0.3, -0.25) is 4.68 Å². The molecule has 128 valence electrons. The van der Waals surface area contributed by atoms with Crippen LogP contribution in [-0.2, 0) is 13.2 Å². The fourth-order valence-corrected chi connectivity index (χ4v) is 2.53. The van der Waals surface area contributed by atoms with Crippen LogP contribution in [-0.4, -0.2) is 24.3 Å². The minimum absolute atomic E-state index is 0.0363. The maximum Gasteiger partial charge on any atom is 0.437 e. The van der Waals surface area contributed by atoms with Crippen molar-refractivity contribution < 1.29 is 13.2 Å². The highest BCUT2D eigenvalue weighted by atomic mass is 35.5. The predicted octanol–water partition coefficient (Wildman–Crippen LogP) is 4.16. The Morgan fingerprint density at radius 3 is 2.58 bits per heavy atom. The zero-order valence-electron chi connectivity index (χ0n) is 13.1. The molecule has 0 unspecified atom stereocenters. The zero-order chi connectivity index (χ0) is 17.6. The number of aromatic nitrogens is 5. The largest absolute Gasteiger partial charge is 0.437 e. The minimum Gasteiger partial charge on any atom is -0.334 e. The van der Waals surface area contributed by atoms with Crippen molar-refractivity contribution in [3.05, 3.63) is 29.3 Å². The van der Waals surface area contributed by atoms with Crippen LogP contribution in [0, 0.1) is 0 Å². The van der Waals surface area contributed by atoms with Gasteiger partial charge in [-0.2, -0.15) is 23.3 Å². The second kappa shape index (κ2) is 5.66. The second-order valence-corrected chi connectivity index (χ2v) is 6.01. The second-order valence-electron chi connectivity index (χ2n) is 5.61. The van der Waals surface area contributed by atoms with Gasteiger partial charge in [-0.25, -0.2) is 4.98 Å². The van der Waals surface area contributed by atoms with Gasteiger partial charge in [0.15, 0.2) is 5.69 Å². The number of halogens is 4. The van der Waals surface area contributed by atoms with Crippen LogP contribution in [0.4, 0.5) is 24.8 Å². The van der Waals surface area contributed by atoms with E-state index in [-0.39, 0.29) is 17.7 Å². The van der Waals surface area contributed by atoms with Crippen molar-refractivity contribution in [3.8, 4) is 0 Å². The lowest BCUT2D eigenvalue weighted by Crippen LogP contribution is -2.11. The van der Waals surface area contributed by atoms with Gasteiger partial charge in [0.05, 0.1) is 16.1 Å². The van der Waals surface area contributed by atoms with Gasteiger partial charge < -0.3 is 9.88 Å². The summed E-state index contributed by atoms with van der Waals surface area (Å²) in [5.74, 6) is 0.0363. The molecule has 0 amide bonds. The highest BCUT2D eigenvalue weighted by Gasteiger charge is 2.38. The summed E-state index contributed by atoms with van der Waals surface area (Å²) in [6.07, 6.45) is -0.171. The molecule has 0 saturated heterocycles. The van der Waals surface area contributed by atoms with Gasteiger partial charge in [0.25, 0.3) is 0 Å². The smallest absolute Gasteiger partial charge is 0.334 e. The van der Waals surface area contributed by atoms with Gasteiger partial charge in [-0.05, 0) is 13.8 Å². The molecule has 6 nitrogen and oxygen atoms in total. The Hall–Kier alpha value is -2.29. The summed E-state index contributed by atoms with van der Waals surface area (Å²) < 4.78 is 42.4. The third-order valence-electron chi connectivity index (χ3n) is 3.44. The fraction of sp³-hybridized carbons (Fsp3) is 0.357. The maximum atomic E-state index is 13.2. The van der Waals surface area contributed by atoms with Crippen molar-refractivity contribution in [1.29, 1.82) is 0 Å². The first-order chi connectivity index (χ1) is 11.2. The molecule has 0 saturated carbocycles. The first-order valence-electron chi connectivity index (χ1n) is 7.07. The molecule has 0 fully saturated rings. The van der Waals surface area contributed by atoms with Crippen LogP contribution in [0.5, 0.6) is 0 Å². The molecule has 0 atom stereocenters. The summed E-state index contributed by atoms with van der Waals surface area (Å²) in [5.41, 5.74) is -0.692. The minimum atomic E-state index is -4.58. The van der Waals surface area contributed by atoms with Crippen LogP contribution >= 0.6 is 11.6 Å². The van der Waals surface area contributed by atoms with Gasteiger partial charge in [0, 0.05) is 31.7 Å². The SMILES string of the molecule is CC(C)n1cc(Nc2ncc3c(Cl)cn(C)c3n2)c(C(F)(F)F)n1. The molecule has 0 radical (unpaired) electrons. The molecule has 3 heterocycles. The quantitative estimate of drug-likeness (QED) is 0.763. The number of alkyl halides is 3. The molecule has 10 heteroatoms. The van der Waals surface area contributed by atoms with E-state index in [4.69, 9.17) is 11.6 Å². The van der Waals surface area contributed by atoms with Crippen LogP contribution in [0.25, 0.3) is 11.0 Å². The fourth-order valence-electron chi connectivity index (χ4n) is 2.25. The molecule has 3 aromatic rings. The van der Waals surface area contributed by atoms with E-state index in [1.165, 1.54) is 17.1 Å². The third kappa shape index (κ3) is 2.91. The van der Waals surface area contributed by atoms with Gasteiger partial charge in [0.2, 0.25) is 5.95 Å². The molecule has 0 spiro atoms. The maximum absolute atomic E-state index is 13.2. The molecule has 0 aliphatic rings. The predicted molar refractivity (Wildman–Crippen MR) is 84.4 cm³/mol. The lowest BCUT2D eigenvalue weighted by molar-refractivity contribution is -0.140. The summed E-state index contributed by atoms with van der Waals surface area (Å²) >= 11 is 6.03. The number of hydrogen-bond acceptors (Lipinski definition) is 4. The summed E-state index contributed by atoms with van der Waals surface area (Å²) in [6.45, 7) is 3.48. The first kappa shape index (κ1) is 16.6. The van der Waals surface area contributed by atoms with E-state index in [0.29, 0.717) is 16.1 Å². The van der Waals surface area contributed by atoms with E-state index in [2.05, 4.69) is 20.4 Å². The lowest BCUT2D eigenvalue weighted by atomic mass is 10.3. The number of aryl methyl sites for hydroxylation is 1. The summed E-state index contributed by atoms with van der Waals surface area (Å²) in [7, 11) is 1.74. The van der Waals surface area contributed by atoms with E-state index in [0.717, 1.165) is 0 Å². The molecule has 0 bridgehead atoms. The topological polar surface area (TPSA) is 60.6 Å². The molecule has 0 aliphatic heterocycles. The van der Waals surface area contributed by atoms with Crippen LogP contribution in [0.1, 0.15) is 25.6 Å². The normalized spacial score (nSPS) is 12.3. The van der Waals surface area contributed by atoms with Crippen molar-refractivity contribution >= 4 is 34.3 Å². The molecule has 3 aromatic heterocycles. The Morgan fingerprint density at radius 2 is 1.96 bits per heavy atom. The van der Waals surface area contributed by atoms with Crippen LogP contribution in [0.15, 0.2) is 18.6 Å². The van der Waals surface area contributed by atoms with Crippen LogP contribution in [0.2, 0.25) is 5.02 Å². The van der Waals surface area contributed by atoms with Crippen molar-refractivity contribution in [2.24, 2.45) is 7.05 Å². The van der Waals surface area contributed by atoms with E-state index >= 15 is 0 Å². The standard InChI is InChI=1S/C14H14ClF3N6/c1-7(2)24-6-10(11(22-24)14(16,17)18)20-13-19-4-8-9(15)5-23(3)12(8)21-13/h4-7H,1-3H3,(H,19,20,21). The Labute approximate surface area is 140 Å². The molecular formula is C14H14ClF3N6. The highest BCUT2D eigenvalue weighted by Crippen LogP contribution is 2.35. The zero-order valence-corrected chi connectivity index (χ0v) is 13.8. The lowest BCUT2D eigenvalue weighted by Gasteiger charge is -2.07. The Balaban J connectivity index is 2.03. The average Bonchev–Trinajstić information content (AvgIpc) is 3.01. The Kier molecular flexibility index (Phi) is 3.90. The summed E-state index contributed by atoms with van der Waals surface area (Å²) in [4.78, 5) is 8.25. The molecule has 3 rings (SSSR count). The van der Waals surface area contributed by atoms with E-state index in [9.17, 15) is 13.2 Å². The van der Waals surface area contributed by atoms with Crippen LogP contribution < -0.4 is 5.32 Å². The summed E-state index contributed by atoms with van der Waals surface area (Å²) in [5, 5.41) is 7.31. The number of hydrogen-bond donors (Lipinski definition) is 1. The Morgan fingerprint density at radius 1 is 1.25 bits per heavy atom. The summed E-state index contributed by atoms with van der Waals surface area (Å²) in [6, 6.07) is -0.211. The van der Waals surface area contributed by atoms with Crippen LogP contribution in [0.3, 0.4) is 0 Å². The van der Waals surface area contributed by atoms with Crippen molar-refractivity contribution in [2.75, 3.05) is 5.32 Å². The van der Waals surface area contributed by atoms with E-state index in [1.807, 2.05) is 0 Å². The number of rotatable bonds is 3. The molecule has 0 aliphatic carbocycles. The van der Waals surface area contributed by atoms with Gasteiger partial charge in [-0.1, -0.05) is 11.6 Å². The van der Waals surface area contributed by atoms with Gasteiger partial charge in [-0.15, -0.1) is 0 Å². The van der Waals surface area contributed by atoms with Gasteiger partial charge >= 0.3 is 6.18 Å². The molecule has 0 aromatic carbocycles. The van der Waals surface area contributed by atoms with E-state index in [1.54, 1.807) is 31.7 Å².